The van der Waals surface area contributed by atoms with E-state index in [9.17, 15) is 14.4 Å². The lowest BCUT2D eigenvalue weighted by Gasteiger charge is -2.38. The van der Waals surface area contributed by atoms with Crippen LogP contribution in [-0.4, -0.2) is 73.1 Å². The summed E-state index contributed by atoms with van der Waals surface area (Å²) in [5.41, 5.74) is 1.80. The Kier molecular flexibility index (Phi) is 6.91. The fourth-order valence-electron chi connectivity index (χ4n) is 3.64. The fraction of sp³-hybridized carbons (Fsp3) is 0.524. The molecule has 1 fully saturated rings. The molecule has 9 heteroatoms. The van der Waals surface area contributed by atoms with Gasteiger partial charge in [-0.15, -0.1) is 0 Å². The Morgan fingerprint density at radius 2 is 1.83 bits per heavy atom. The molecular formula is C21H28N4O5. The van der Waals surface area contributed by atoms with Crippen molar-refractivity contribution < 1.29 is 23.9 Å². The molecule has 0 bridgehead atoms. The van der Waals surface area contributed by atoms with Crippen LogP contribution in [0.1, 0.15) is 31.0 Å². The summed E-state index contributed by atoms with van der Waals surface area (Å²) in [5.74, 6) is -1.65. The van der Waals surface area contributed by atoms with Gasteiger partial charge in [0.25, 0.3) is 0 Å². The van der Waals surface area contributed by atoms with Crippen LogP contribution in [0, 0.1) is 12.8 Å². The van der Waals surface area contributed by atoms with Crippen molar-refractivity contribution in [2.45, 2.75) is 26.8 Å². The molecule has 0 aliphatic carbocycles. The molecule has 1 aromatic carbocycles. The molecule has 0 spiro atoms. The topological polar surface area (TPSA) is 101 Å². The van der Waals surface area contributed by atoms with Crippen LogP contribution in [0.3, 0.4) is 0 Å². The van der Waals surface area contributed by atoms with Crippen LogP contribution in [0.5, 0.6) is 0 Å². The molecule has 9 nitrogen and oxygen atoms in total. The number of benzene rings is 1. The summed E-state index contributed by atoms with van der Waals surface area (Å²) in [5, 5.41) is 2.76. The molecule has 0 unspecified atom stereocenters. The van der Waals surface area contributed by atoms with E-state index in [2.05, 4.69) is 5.32 Å². The monoisotopic (exact) mass is 416 g/mol. The van der Waals surface area contributed by atoms with Gasteiger partial charge in [0, 0.05) is 26.2 Å². The van der Waals surface area contributed by atoms with Gasteiger partial charge in [-0.1, -0.05) is 29.8 Å². The average Bonchev–Trinajstić information content (AvgIpc) is 2.73. The SMILES string of the molecule is CCOC(=O)[C@H]1C(=O)NC(N2CCN(C(=O)OCC)CC2)=N[C@@H]1c1cccc(C)c1. The largest absolute Gasteiger partial charge is 0.465 e. The Bertz CT molecular complexity index is 832. The Morgan fingerprint density at radius 3 is 2.47 bits per heavy atom. The van der Waals surface area contributed by atoms with E-state index in [0.717, 1.165) is 11.1 Å². The minimum absolute atomic E-state index is 0.190. The maximum Gasteiger partial charge on any atom is 0.409 e. The molecule has 2 aliphatic heterocycles. The number of ether oxygens (including phenoxy) is 2. The zero-order chi connectivity index (χ0) is 21.7. The fourth-order valence-corrected chi connectivity index (χ4v) is 3.64. The van der Waals surface area contributed by atoms with E-state index < -0.39 is 23.8 Å². The first kappa shape index (κ1) is 21.6. The zero-order valence-corrected chi connectivity index (χ0v) is 17.6. The number of aryl methyl sites for hydroxylation is 1. The van der Waals surface area contributed by atoms with Gasteiger partial charge in [0.15, 0.2) is 5.92 Å². The van der Waals surface area contributed by atoms with Crippen LogP contribution in [0.2, 0.25) is 0 Å². The van der Waals surface area contributed by atoms with E-state index >= 15 is 0 Å². The van der Waals surface area contributed by atoms with Crippen molar-refractivity contribution >= 4 is 23.9 Å². The second-order valence-corrected chi connectivity index (χ2v) is 7.20. The lowest BCUT2D eigenvalue weighted by molar-refractivity contribution is -0.153. The molecule has 2 atom stereocenters. The number of amides is 2. The molecule has 30 heavy (non-hydrogen) atoms. The molecule has 2 aliphatic rings. The van der Waals surface area contributed by atoms with E-state index in [-0.39, 0.29) is 12.7 Å². The second-order valence-electron chi connectivity index (χ2n) is 7.20. The second kappa shape index (κ2) is 9.60. The highest BCUT2D eigenvalue weighted by Crippen LogP contribution is 2.31. The summed E-state index contributed by atoms with van der Waals surface area (Å²) in [6, 6.07) is 6.95. The van der Waals surface area contributed by atoms with Crippen LogP contribution in [-0.2, 0) is 19.1 Å². The molecule has 1 saturated heterocycles. The quantitative estimate of drug-likeness (QED) is 0.589. The number of piperazine rings is 1. The van der Waals surface area contributed by atoms with Gasteiger partial charge in [0.1, 0.15) is 6.04 Å². The van der Waals surface area contributed by atoms with Gasteiger partial charge in [-0.3, -0.25) is 14.9 Å². The lowest BCUT2D eigenvalue weighted by atomic mass is 9.90. The van der Waals surface area contributed by atoms with E-state index in [1.165, 1.54) is 0 Å². The molecule has 3 rings (SSSR count). The van der Waals surface area contributed by atoms with Crippen LogP contribution < -0.4 is 5.32 Å². The predicted octanol–water partition coefficient (Wildman–Crippen LogP) is 1.48. The Labute approximate surface area is 176 Å². The Morgan fingerprint density at radius 1 is 1.13 bits per heavy atom. The molecule has 0 saturated carbocycles. The van der Waals surface area contributed by atoms with Crippen molar-refractivity contribution in [1.29, 1.82) is 0 Å². The standard InChI is InChI=1S/C21H28N4O5/c1-4-29-19(27)16-17(15-8-6-7-14(3)13-15)22-20(23-18(16)26)24-9-11-25(12-10-24)21(28)30-5-2/h6-8,13,16-17H,4-5,9-12H2,1-3H3,(H,22,23,26)/t16-,17-/m1/s1. The number of rotatable bonds is 4. The molecular weight excluding hydrogens is 388 g/mol. The van der Waals surface area contributed by atoms with Gasteiger partial charge in [0.05, 0.1) is 13.2 Å². The first-order valence-corrected chi connectivity index (χ1v) is 10.2. The summed E-state index contributed by atoms with van der Waals surface area (Å²) >= 11 is 0. The van der Waals surface area contributed by atoms with Crippen LogP contribution in [0.25, 0.3) is 0 Å². The Balaban J connectivity index is 1.83. The third kappa shape index (κ3) is 4.72. The number of nitrogens with zero attached hydrogens (tertiary/aromatic N) is 3. The van der Waals surface area contributed by atoms with Crippen LogP contribution in [0.15, 0.2) is 29.3 Å². The summed E-state index contributed by atoms with van der Waals surface area (Å²) < 4.78 is 10.2. The summed E-state index contributed by atoms with van der Waals surface area (Å²) in [6.07, 6.45) is -0.341. The lowest BCUT2D eigenvalue weighted by Crippen LogP contribution is -2.58. The Hall–Kier alpha value is -3.10. The maximum atomic E-state index is 12.9. The molecule has 162 valence electrons. The maximum absolute atomic E-state index is 12.9. The highest BCUT2D eigenvalue weighted by atomic mass is 16.6. The number of esters is 1. The average molecular weight is 416 g/mol. The third-order valence-corrected chi connectivity index (χ3v) is 5.12. The highest BCUT2D eigenvalue weighted by Gasteiger charge is 2.42. The van der Waals surface area contributed by atoms with Crippen molar-refractivity contribution in [3.05, 3.63) is 35.4 Å². The molecule has 1 N–H and O–H groups in total. The first-order valence-electron chi connectivity index (χ1n) is 10.2. The van der Waals surface area contributed by atoms with Gasteiger partial charge in [-0.05, 0) is 26.3 Å². The summed E-state index contributed by atoms with van der Waals surface area (Å²) in [4.78, 5) is 45.6. The van der Waals surface area contributed by atoms with Gasteiger partial charge >= 0.3 is 12.1 Å². The van der Waals surface area contributed by atoms with Gasteiger partial charge in [-0.25, -0.2) is 9.79 Å². The van der Waals surface area contributed by atoms with E-state index in [1.807, 2.05) is 36.1 Å². The molecule has 0 radical (unpaired) electrons. The number of nitrogens with one attached hydrogen (secondary N) is 1. The van der Waals surface area contributed by atoms with Gasteiger partial charge in [-0.2, -0.15) is 0 Å². The minimum atomic E-state index is -1.05. The molecule has 2 heterocycles. The van der Waals surface area contributed by atoms with E-state index in [0.29, 0.717) is 38.7 Å². The first-order chi connectivity index (χ1) is 14.4. The van der Waals surface area contributed by atoms with Gasteiger partial charge in [0.2, 0.25) is 11.9 Å². The van der Waals surface area contributed by atoms with Crippen LogP contribution >= 0.6 is 0 Å². The van der Waals surface area contributed by atoms with Crippen LogP contribution in [0.4, 0.5) is 4.79 Å². The van der Waals surface area contributed by atoms with E-state index in [4.69, 9.17) is 14.5 Å². The van der Waals surface area contributed by atoms with E-state index in [1.54, 1.807) is 18.7 Å². The van der Waals surface area contributed by atoms with Crippen molar-refractivity contribution in [2.75, 3.05) is 39.4 Å². The van der Waals surface area contributed by atoms with Gasteiger partial charge < -0.3 is 19.3 Å². The highest BCUT2D eigenvalue weighted by molar-refractivity contribution is 6.08. The summed E-state index contributed by atoms with van der Waals surface area (Å²) in [7, 11) is 0. The summed E-state index contributed by atoms with van der Waals surface area (Å²) in [6.45, 7) is 7.87. The number of carbonyl (C=O) groups excluding carboxylic acids is 3. The van der Waals surface area contributed by atoms with Crippen molar-refractivity contribution in [2.24, 2.45) is 10.9 Å². The molecule has 1 aromatic rings. The normalized spacial score (nSPS) is 21.6. The predicted molar refractivity (Wildman–Crippen MR) is 110 cm³/mol. The zero-order valence-electron chi connectivity index (χ0n) is 17.6. The number of aliphatic imine (C=N–C) groups is 1. The minimum Gasteiger partial charge on any atom is -0.465 e. The number of guanidine groups is 1. The third-order valence-electron chi connectivity index (χ3n) is 5.12. The number of hydrogen-bond acceptors (Lipinski definition) is 7. The van der Waals surface area contributed by atoms with Crippen molar-refractivity contribution in [3.8, 4) is 0 Å². The number of carbonyl (C=O) groups is 3. The molecule has 2 amide bonds. The van der Waals surface area contributed by atoms with Crippen molar-refractivity contribution in [1.82, 2.24) is 15.1 Å². The van der Waals surface area contributed by atoms with Crippen molar-refractivity contribution in [3.63, 3.8) is 0 Å². The molecule has 0 aromatic heterocycles. The number of hydrogen-bond donors (Lipinski definition) is 1. The smallest absolute Gasteiger partial charge is 0.409 e.